The zero-order chi connectivity index (χ0) is 20.9. The molecule has 0 aliphatic heterocycles. The van der Waals surface area contributed by atoms with Gasteiger partial charge in [-0.2, -0.15) is 4.72 Å². The molecule has 1 aliphatic carbocycles. The number of halogens is 1. The highest BCUT2D eigenvalue weighted by Crippen LogP contribution is 2.32. The van der Waals surface area contributed by atoms with Crippen molar-refractivity contribution in [1.82, 2.24) is 4.72 Å². The lowest BCUT2D eigenvalue weighted by Crippen LogP contribution is -2.24. The van der Waals surface area contributed by atoms with Gasteiger partial charge in [0.25, 0.3) is 5.91 Å². The second kappa shape index (κ2) is 9.31. The first-order valence-corrected chi connectivity index (χ1v) is 11.1. The molecular weight excluding hydrogens is 412 g/mol. The van der Waals surface area contributed by atoms with Gasteiger partial charge in [-0.15, -0.1) is 6.42 Å². The van der Waals surface area contributed by atoms with Crippen molar-refractivity contribution in [2.45, 2.75) is 36.7 Å². The second-order valence-corrected chi connectivity index (χ2v) is 8.85. The summed E-state index contributed by atoms with van der Waals surface area (Å²) in [5.74, 6) is 2.33. The maximum absolute atomic E-state index is 12.5. The maximum atomic E-state index is 12.5. The first-order chi connectivity index (χ1) is 13.9. The number of hydrogen-bond donors (Lipinski definition) is 2. The van der Waals surface area contributed by atoms with Gasteiger partial charge in [-0.3, -0.25) is 4.79 Å². The zero-order valence-electron chi connectivity index (χ0n) is 15.7. The Morgan fingerprint density at radius 3 is 2.66 bits per heavy atom. The van der Waals surface area contributed by atoms with Gasteiger partial charge < -0.3 is 10.1 Å². The quantitative estimate of drug-likeness (QED) is 0.651. The Labute approximate surface area is 175 Å². The van der Waals surface area contributed by atoms with E-state index in [0.717, 1.165) is 25.7 Å². The summed E-state index contributed by atoms with van der Waals surface area (Å²) in [5.41, 5.74) is 0.675. The Hall–Kier alpha value is -2.53. The number of terminal acetylenes is 1. The van der Waals surface area contributed by atoms with E-state index in [1.165, 1.54) is 24.3 Å². The molecule has 1 amide bonds. The third kappa shape index (κ3) is 5.51. The average molecular weight is 433 g/mol. The van der Waals surface area contributed by atoms with Gasteiger partial charge in [-0.05, 0) is 62.1 Å². The molecule has 1 fully saturated rings. The van der Waals surface area contributed by atoms with Crippen molar-refractivity contribution in [3.8, 4) is 18.1 Å². The summed E-state index contributed by atoms with van der Waals surface area (Å²) in [5, 5.41) is 3.12. The van der Waals surface area contributed by atoms with Crippen LogP contribution in [0.25, 0.3) is 0 Å². The van der Waals surface area contributed by atoms with E-state index in [1.54, 1.807) is 18.2 Å². The molecule has 2 aromatic rings. The highest BCUT2D eigenvalue weighted by atomic mass is 35.5. The van der Waals surface area contributed by atoms with Crippen LogP contribution in [-0.4, -0.2) is 27.0 Å². The van der Waals surface area contributed by atoms with Gasteiger partial charge in [0, 0.05) is 11.3 Å². The average Bonchev–Trinajstić information content (AvgIpc) is 3.22. The second-order valence-electron chi connectivity index (χ2n) is 6.68. The molecule has 29 heavy (non-hydrogen) atoms. The molecule has 0 aromatic heterocycles. The normalized spacial score (nSPS) is 14.3. The van der Waals surface area contributed by atoms with Crippen LogP contribution in [0.5, 0.6) is 5.75 Å². The van der Waals surface area contributed by atoms with E-state index in [2.05, 4.69) is 16.0 Å². The van der Waals surface area contributed by atoms with E-state index in [-0.39, 0.29) is 23.1 Å². The molecule has 0 bridgehead atoms. The van der Waals surface area contributed by atoms with Crippen LogP contribution in [0.4, 0.5) is 5.69 Å². The van der Waals surface area contributed by atoms with Gasteiger partial charge >= 0.3 is 0 Å². The van der Waals surface area contributed by atoms with Crippen molar-refractivity contribution in [2.75, 3.05) is 11.9 Å². The standard InChI is InChI=1S/C21H21ClN2O4S/c1-2-12-23-29(26,27)18-9-5-6-15(13-18)21(25)24-16-10-11-20(19(22)14-16)28-17-7-3-4-8-17/h1,5-6,9-11,13-14,17,23H,3-4,7-8,12H2,(H,24,25). The number of carbonyl (C=O) groups is 1. The van der Waals surface area contributed by atoms with Crippen LogP contribution in [-0.2, 0) is 10.0 Å². The Kier molecular flexibility index (Phi) is 6.80. The third-order valence-corrected chi connectivity index (χ3v) is 6.25. The number of ether oxygens (including phenoxy) is 1. The topological polar surface area (TPSA) is 84.5 Å². The molecule has 152 valence electrons. The van der Waals surface area contributed by atoms with Crippen molar-refractivity contribution in [2.24, 2.45) is 0 Å². The number of rotatable bonds is 7. The first kappa shape index (κ1) is 21.2. The molecule has 0 heterocycles. The first-order valence-electron chi connectivity index (χ1n) is 9.20. The van der Waals surface area contributed by atoms with Crippen molar-refractivity contribution >= 4 is 33.2 Å². The van der Waals surface area contributed by atoms with Gasteiger partial charge in [0.1, 0.15) is 5.75 Å². The van der Waals surface area contributed by atoms with Crippen LogP contribution in [0.3, 0.4) is 0 Å². The fourth-order valence-electron chi connectivity index (χ4n) is 3.09. The summed E-state index contributed by atoms with van der Waals surface area (Å²) in [7, 11) is -3.79. The molecule has 3 rings (SSSR count). The van der Waals surface area contributed by atoms with E-state index in [9.17, 15) is 13.2 Å². The summed E-state index contributed by atoms with van der Waals surface area (Å²) < 4.78 is 32.5. The lowest BCUT2D eigenvalue weighted by molar-refractivity contribution is 0.102. The van der Waals surface area contributed by atoms with E-state index in [4.69, 9.17) is 22.8 Å². The summed E-state index contributed by atoms with van der Waals surface area (Å²) in [6, 6.07) is 10.7. The van der Waals surface area contributed by atoms with Crippen molar-refractivity contribution < 1.29 is 17.9 Å². The number of hydrogen-bond acceptors (Lipinski definition) is 4. The summed E-state index contributed by atoms with van der Waals surface area (Å²) in [6.07, 6.45) is 9.62. The molecule has 0 saturated heterocycles. The fraction of sp³-hybridized carbons (Fsp3) is 0.286. The van der Waals surface area contributed by atoms with E-state index < -0.39 is 15.9 Å². The van der Waals surface area contributed by atoms with Gasteiger partial charge in [0.15, 0.2) is 0 Å². The maximum Gasteiger partial charge on any atom is 0.255 e. The molecule has 0 atom stereocenters. The number of benzene rings is 2. The number of carbonyl (C=O) groups excluding carboxylic acids is 1. The molecule has 0 spiro atoms. The molecular formula is C21H21ClN2O4S. The fourth-order valence-corrected chi connectivity index (χ4v) is 4.29. The number of sulfonamides is 1. The van der Waals surface area contributed by atoms with Crippen LogP contribution >= 0.6 is 11.6 Å². The summed E-state index contributed by atoms with van der Waals surface area (Å²) in [4.78, 5) is 12.5. The molecule has 1 saturated carbocycles. The highest BCUT2D eigenvalue weighted by molar-refractivity contribution is 7.89. The SMILES string of the molecule is C#CCNS(=O)(=O)c1cccc(C(=O)Nc2ccc(OC3CCCC3)c(Cl)c2)c1. The largest absolute Gasteiger partial charge is 0.489 e. The van der Waals surface area contributed by atoms with Crippen LogP contribution < -0.4 is 14.8 Å². The number of nitrogens with one attached hydrogen (secondary N) is 2. The lowest BCUT2D eigenvalue weighted by Gasteiger charge is -2.15. The molecule has 6 nitrogen and oxygen atoms in total. The Morgan fingerprint density at radius 1 is 1.21 bits per heavy atom. The van der Waals surface area contributed by atoms with Crippen LogP contribution in [0.2, 0.25) is 5.02 Å². The molecule has 0 radical (unpaired) electrons. The van der Waals surface area contributed by atoms with E-state index in [0.29, 0.717) is 16.5 Å². The lowest BCUT2D eigenvalue weighted by atomic mass is 10.2. The minimum absolute atomic E-state index is 0.0428. The predicted molar refractivity (Wildman–Crippen MR) is 113 cm³/mol. The Bertz CT molecular complexity index is 1040. The molecule has 0 unspecified atom stereocenters. The van der Waals surface area contributed by atoms with Crippen molar-refractivity contribution in [3.05, 3.63) is 53.1 Å². The monoisotopic (exact) mass is 432 g/mol. The summed E-state index contributed by atoms with van der Waals surface area (Å²) >= 11 is 6.29. The predicted octanol–water partition coefficient (Wildman–Crippen LogP) is 3.83. The number of amides is 1. The summed E-state index contributed by atoms with van der Waals surface area (Å²) in [6.45, 7) is -0.132. The van der Waals surface area contributed by atoms with Crippen LogP contribution in [0.1, 0.15) is 36.0 Å². The van der Waals surface area contributed by atoms with Crippen molar-refractivity contribution in [1.29, 1.82) is 0 Å². The zero-order valence-corrected chi connectivity index (χ0v) is 17.2. The van der Waals surface area contributed by atoms with Gasteiger partial charge in [0.05, 0.1) is 22.6 Å². The van der Waals surface area contributed by atoms with Crippen LogP contribution in [0, 0.1) is 12.3 Å². The molecule has 1 aliphatic rings. The third-order valence-electron chi connectivity index (χ3n) is 4.56. The highest BCUT2D eigenvalue weighted by Gasteiger charge is 2.19. The van der Waals surface area contributed by atoms with Gasteiger partial charge in [-0.25, -0.2) is 8.42 Å². The van der Waals surface area contributed by atoms with Gasteiger partial charge in [0.2, 0.25) is 10.0 Å². The van der Waals surface area contributed by atoms with E-state index in [1.807, 2.05) is 0 Å². The Morgan fingerprint density at radius 2 is 1.97 bits per heavy atom. The molecule has 2 aromatic carbocycles. The van der Waals surface area contributed by atoms with E-state index >= 15 is 0 Å². The molecule has 8 heteroatoms. The van der Waals surface area contributed by atoms with Gasteiger partial charge in [-0.1, -0.05) is 23.6 Å². The minimum Gasteiger partial charge on any atom is -0.489 e. The smallest absolute Gasteiger partial charge is 0.255 e. The Balaban J connectivity index is 1.71. The van der Waals surface area contributed by atoms with Crippen LogP contribution in [0.15, 0.2) is 47.4 Å². The molecule has 2 N–H and O–H groups in total. The minimum atomic E-state index is -3.79. The van der Waals surface area contributed by atoms with Crippen molar-refractivity contribution in [3.63, 3.8) is 0 Å². The number of anilines is 1.